The van der Waals surface area contributed by atoms with E-state index in [9.17, 15) is 27.9 Å². The van der Waals surface area contributed by atoms with E-state index in [0.29, 0.717) is 35.7 Å². The molecule has 1 aliphatic rings. The minimum atomic E-state index is -4.20. The van der Waals surface area contributed by atoms with Gasteiger partial charge in [0.05, 0.1) is 17.0 Å². The van der Waals surface area contributed by atoms with Crippen LogP contribution in [-0.2, 0) is 29.1 Å². The van der Waals surface area contributed by atoms with Gasteiger partial charge in [0.2, 0.25) is 15.9 Å². The molecule has 4 N–H and O–H groups in total. The molecule has 0 bridgehead atoms. The van der Waals surface area contributed by atoms with Gasteiger partial charge in [-0.05, 0) is 62.6 Å². The SMILES string of the molecule is Cc1cc(C)c(S(=O)(=O)NC(CNC(=O)COC2CC(CNc3ccccn3)N(C(=O)COc3ccccc3)C2)C(=O)O)c(C)c1. The van der Waals surface area contributed by atoms with E-state index in [-0.39, 0.29) is 30.0 Å². The van der Waals surface area contributed by atoms with Gasteiger partial charge in [0.15, 0.2) is 6.61 Å². The molecule has 0 saturated carbocycles. The van der Waals surface area contributed by atoms with Gasteiger partial charge in [-0.25, -0.2) is 13.4 Å². The molecule has 46 heavy (non-hydrogen) atoms. The summed E-state index contributed by atoms with van der Waals surface area (Å²) in [5.41, 5.74) is 1.84. The third-order valence-corrected chi connectivity index (χ3v) is 9.18. The van der Waals surface area contributed by atoms with Gasteiger partial charge in [0.25, 0.3) is 5.91 Å². The molecule has 13 nitrogen and oxygen atoms in total. The van der Waals surface area contributed by atoms with Crippen LogP contribution in [0.3, 0.4) is 0 Å². The third-order valence-electron chi connectivity index (χ3n) is 7.41. The number of hydrogen-bond donors (Lipinski definition) is 4. The molecule has 3 atom stereocenters. The van der Waals surface area contributed by atoms with Crippen molar-refractivity contribution in [2.75, 3.05) is 38.2 Å². The molecule has 0 spiro atoms. The molecule has 0 aliphatic carbocycles. The first-order valence-electron chi connectivity index (χ1n) is 14.8. The van der Waals surface area contributed by atoms with E-state index in [2.05, 4.69) is 20.3 Å². The summed E-state index contributed by atoms with van der Waals surface area (Å²) in [5, 5.41) is 15.3. The summed E-state index contributed by atoms with van der Waals surface area (Å²) in [5.74, 6) is -1.11. The number of rotatable bonds is 15. The number of aryl methyl sites for hydroxylation is 3. The fraction of sp³-hybridized carbons (Fsp3) is 0.375. The number of nitrogens with zero attached hydrogens (tertiary/aromatic N) is 2. The fourth-order valence-corrected chi connectivity index (χ4v) is 7.05. The predicted octanol–water partition coefficient (Wildman–Crippen LogP) is 2.03. The van der Waals surface area contributed by atoms with Crippen molar-refractivity contribution in [2.24, 2.45) is 0 Å². The van der Waals surface area contributed by atoms with Crippen LogP contribution in [0.25, 0.3) is 0 Å². The van der Waals surface area contributed by atoms with Gasteiger partial charge in [0, 0.05) is 25.8 Å². The second-order valence-electron chi connectivity index (χ2n) is 11.1. The number of carboxylic acid groups (broad SMARTS) is 1. The van der Waals surface area contributed by atoms with E-state index in [4.69, 9.17) is 9.47 Å². The maximum absolute atomic E-state index is 13.2. The maximum atomic E-state index is 13.2. The molecule has 3 aromatic rings. The summed E-state index contributed by atoms with van der Waals surface area (Å²) in [6.07, 6.45) is 1.60. The number of carboxylic acids is 1. The zero-order chi connectivity index (χ0) is 33.3. The highest BCUT2D eigenvalue weighted by molar-refractivity contribution is 7.89. The van der Waals surface area contributed by atoms with Crippen LogP contribution >= 0.6 is 0 Å². The first-order valence-corrected chi connectivity index (χ1v) is 16.2. The van der Waals surface area contributed by atoms with Crippen LogP contribution in [0.1, 0.15) is 23.1 Å². The van der Waals surface area contributed by atoms with Crippen LogP contribution in [0.4, 0.5) is 5.82 Å². The van der Waals surface area contributed by atoms with Gasteiger partial charge in [-0.15, -0.1) is 0 Å². The summed E-state index contributed by atoms with van der Waals surface area (Å²) >= 11 is 0. The summed E-state index contributed by atoms with van der Waals surface area (Å²) in [7, 11) is -4.20. The molecule has 2 heterocycles. The monoisotopic (exact) mass is 653 g/mol. The number of aliphatic carboxylic acids is 1. The number of aromatic nitrogens is 1. The van der Waals surface area contributed by atoms with Crippen molar-refractivity contribution >= 4 is 33.6 Å². The normalized spacial score (nSPS) is 16.9. The molecule has 1 saturated heterocycles. The molecule has 1 aromatic heterocycles. The number of carbonyl (C=O) groups excluding carboxylic acids is 2. The molecule has 1 fully saturated rings. The summed E-state index contributed by atoms with van der Waals surface area (Å²) < 4.78 is 39.8. The molecule has 14 heteroatoms. The van der Waals surface area contributed by atoms with E-state index >= 15 is 0 Å². The Morgan fingerprint density at radius 1 is 1.02 bits per heavy atom. The van der Waals surface area contributed by atoms with Crippen molar-refractivity contribution < 1.29 is 37.4 Å². The second kappa shape index (κ2) is 15.7. The summed E-state index contributed by atoms with van der Waals surface area (Å²) in [4.78, 5) is 43.6. The third kappa shape index (κ3) is 9.49. The van der Waals surface area contributed by atoms with Crippen molar-refractivity contribution in [2.45, 2.75) is 50.3 Å². The number of nitrogens with one attached hydrogen (secondary N) is 3. The quantitative estimate of drug-likeness (QED) is 0.190. The molecule has 3 unspecified atom stereocenters. The largest absolute Gasteiger partial charge is 0.484 e. The van der Waals surface area contributed by atoms with Gasteiger partial charge in [-0.1, -0.05) is 42.0 Å². The van der Waals surface area contributed by atoms with Gasteiger partial charge >= 0.3 is 5.97 Å². The Labute approximate surface area is 268 Å². The van der Waals surface area contributed by atoms with Crippen LogP contribution in [-0.4, -0.2) is 92.2 Å². The van der Waals surface area contributed by atoms with Crippen molar-refractivity contribution in [3.05, 3.63) is 83.6 Å². The van der Waals surface area contributed by atoms with Gasteiger partial charge in [-0.2, -0.15) is 4.72 Å². The number of sulfonamides is 1. The van der Waals surface area contributed by atoms with E-state index in [0.717, 1.165) is 5.56 Å². The van der Waals surface area contributed by atoms with Crippen LogP contribution in [0.15, 0.2) is 71.8 Å². The molecule has 246 valence electrons. The lowest BCUT2D eigenvalue weighted by molar-refractivity contribution is -0.139. The van der Waals surface area contributed by atoms with Crippen molar-refractivity contribution in [1.82, 2.24) is 19.9 Å². The molecule has 2 amide bonds. The zero-order valence-corrected chi connectivity index (χ0v) is 26.7. The van der Waals surface area contributed by atoms with E-state index < -0.39 is 47.2 Å². The number of ether oxygens (including phenoxy) is 2. The minimum Gasteiger partial charge on any atom is -0.484 e. The van der Waals surface area contributed by atoms with Crippen LogP contribution in [0.2, 0.25) is 0 Å². The smallest absolute Gasteiger partial charge is 0.323 e. The first-order chi connectivity index (χ1) is 21.9. The number of amides is 2. The van der Waals surface area contributed by atoms with E-state index in [1.165, 1.54) is 0 Å². The van der Waals surface area contributed by atoms with E-state index in [1.54, 1.807) is 55.3 Å². The average molecular weight is 654 g/mol. The standard InChI is InChI=1S/C32H39N5O8S/c1-21-13-22(2)31(23(3)14-21)46(42,43)36-27(32(40)41)17-35-29(38)19-44-26-15-24(16-34-28-11-7-8-12-33-28)37(18-26)30(39)20-45-25-9-5-4-6-10-25/h4-14,24,26-27,36H,15-20H2,1-3H3,(H,33,34)(H,35,38)(H,40,41). The topological polar surface area (TPSA) is 176 Å². The Kier molecular flexibility index (Phi) is 11.7. The van der Waals surface area contributed by atoms with E-state index in [1.807, 2.05) is 37.3 Å². The highest BCUT2D eigenvalue weighted by Crippen LogP contribution is 2.23. The molecular formula is C32H39N5O8S. The number of likely N-dealkylation sites (tertiary alicyclic amines) is 1. The molecule has 2 aromatic carbocycles. The number of hydrogen-bond acceptors (Lipinski definition) is 9. The summed E-state index contributed by atoms with van der Waals surface area (Å²) in [6.45, 7) is 4.62. The minimum absolute atomic E-state index is 0.000558. The maximum Gasteiger partial charge on any atom is 0.323 e. The molecular weight excluding hydrogens is 614 g/mol. The lowest BCUT2D eigenvalue weighted by atomic mass is 10.1. The highest BCUT2D eigenvalue weighted by atomic mass is 32.2. The Morgan fingerprint density at radius 3 is 2.37 bits per heavy atom. The van der Waals surface area contributed by atoms with Gasteiger partial charge in [0.1, 0.15) is 24.2 Å². The lowest BCUT2D eigenvalue weighted by Gasteiger charge is -2.25. The van der Waals surface area contributed by atoms with Crippen molar-refractivity contribution in [3.63, 3.8) is 0 Å². The molecule has 0 radical (unpaired) electrons. The van der Waals surface area contributed by atoms with Crippen LogP contribution in [0.5, 0.6) is 5.75 Å². The van der Waals surface area contributed by atoms with Crippen molar-refractivity contribution in [3.8, 4) is 5.75 Å². The molecule has 4 rings (SSSR count). The molecule has 1 aliphatic heterocycles. The lowest BCUT2D eigenvalue weighted by Crippen LogP contribution is -2.49. The zero-order valence-electron chi connectivity index (χ0n) is 25.9. The second-order valence-corrected chi connectivity index (χ2v) is 12.8. The van der Waals surface area contributed by atoms with Crippen LogP contribution in [0, 0.1) is 20.8 Å². The Morgan fingerprint density at radius 2 is 1.72 bits per heavy atom. The van der Waals surface area contributed by atoms with Gasteiger partial charge < -0.3 is 30.1 Å². The summed E-state index contributed by atoms with van der Waals surface area (Å²) in [6, 6.07) is 15.9. The Hall–Kier alpha value is -4.53. The number of benzene rings is 2. The Balaban J connectivity index is 1.32. The Bertz CT molecular complexity index is 1600. The number of para-hydroxylation sites is 1. The number of anilines is 1. The average Bonchev–Trinajstić information content (AvgIpc) is 3.43. The highest BCUT2D eigenvalue weighted by Gasteiger charge is 2.36. The number of pyridine rings is 1. The van der Waals surface area contributed by atoms with Gasteiger partial charge in [-0.3, -0.25) is 14.4 Å². The number of carbonyl (C=O) groups is 3. The fourth-order valence-electron chi connectivity index (χ4n) is 5.40. The first kappa shape index (κ1) is 34.3. The van der Waals surface area contributed by atoms with Crippen LogP contribution < -0.4 is 20.1 Å². The van der Waals surface area contributed by atoms with Crippen molar-refractivity contribution in [1.29, 1.82) is 0 Å². The predicted molar refractivity (Wildman–Crippen MR) is 170 cm³/mol.